The fraction of sp³-hybridized carbons (Fsp3) is 0.312. The van der Waals surface area contributed by atoms with Crippen molar-refractivity contribution < 1.29 is 4.42 Å². The van der Waals surface area contributed by atoms with Gasteiger partial charge >= 0.3 is 0 Å². The molecular formula is C16H16N6OS. The molecule has 0 bridgehead atoms. The second-order valence-corrected chi connectivity index (χ2v) is 7.18. The highest BCUT2D eigenvalue weighted by Gasteiger charge is 2.27. The lowest BCUT2D eigenvalue weighted by Gasteiger charge is -2.02. The second kappa shape index (κ2) is 5.10. The minimum atomic E-state index is 0.205. The summed E-state index contributed by atoms with van der Waals surface area (Å²) in [7, 11) is 0. The molecule has 122 valence electrons. The number of nitrogens with one attached hydrogen (secondary N) is 2. The zero-order chi connectivity index (χ0) is 16.3. The van der Waals surface area contributed by atoms with Crippen molar-refractivity contribution in [3.8, 4) is 11.6 Å². The molecule has 7 nitrogen and oxygen atoms in total. The molecule has 1 aliphatic rings. The van der Waals surface area contributed by atoms with Gasteiger partial charge in [0.25, 0.3) is 0 Å². The van der Waals surface area contributed by atoms with Crippen molar-refractivity contribution in [1.29, 1.82) is 0 Å². The summed E-state index contributed by atoms with van der Waals surface area (Å²) in [5.41, 5.74) is 8.42. The van der Waals surface area contributed by atoms with E-state index in [1.54, 1.807) is 15.9 Å². The van der Waals surface area contributed by atoms with Crippen molar-refractivity contribution in [2.75, 3.05) is 0 Å². The average Bonchev–Trinajstić information content (AvgIpc) is 3.31. The molecule has 2 unspecified atom stereocenters. The van der Waals surface area contributed by atoms with Crippen molar-refractivity contribution in [2.24, 2.45) is 0 Å². The van der Waals surface area contributed by atoms with Crippen molar-refractivity contribution in [3.63, 3.8) is 0 Å². The number of rotatable bonds is 2. The Morgan fingerprint density at radius 1 is 1.25 bits per heavy atom. The fourth-order valence-corrected chi connectivity index (χ4v) is 4.08. The summed E-state index contributed by atoms with van der Waals surface area (Å²) < 4.78 is 7.80. The standard InChI is InChI=1S/C16H16N6OS/c1-8-7-11(18-17-8)15-21-22-14(19-20-16(22)24-15)13-9(2)10-5-3-4-6-12(10)23-13/h3-6,8,11,17-18H,7H2,1-2H3. The van der Waals surface area contributed by atoms with Gasteiger partial charge in [0.05, 0.1) is 6.04 Å². The Morgan fingerprint density at radius 3 is 2.92 bits per heavy atom. The molecule has 1 fully saturated rings. The summed E-state index contributed by atoms with van der Waals surface area (Å²) in [5.74, 6) is 1.38. The number of fused-ring (bicyclic) bond motifs is 2. The van der Waals surface area contributed by atoms with Crippen LogP contribution in [0.5, 0.6) is 0 Å². The van der Waals surface area contributed by atoms with E-state index in [-0.39, 0.29) is 6.04 Å². The van der Waals surface area contributed by atoms with E-state index in [0.29, 0.717) is 11.9 Å². The minimum absolute atomic E-state index is 0.205. The van der Waals surface area contributed by atoms with Gasteiger partial charge in [-0.1, -0.05) is 29.5 Å². The van der Waals surface area contributed by atoms with Crippen LogP contribution in [-0.2, 0) is 0 Å². The zero-order valence-corrected chi connectivity index (χ0v) is 14.1. The van der Waals surface area contributed by atoms with Crippen molar-refractivity contribution >= 4 is 27.3 Å². The lowest BCUT2D eigenvalue weighted by molar-refractivity contribution is 0.555. The minimum Gasteiger partial charge on any atom is -0.452 e. The van der Waals surface area contributed by atoms with E-state index in [2.05, 4.69) is 34.0 Å². The molecule has 0 radical (unpaired) electrons. The predicted molar refractivity (Wildman–Crippen MR) is 91.7 cm³/mol. The summed E-state index contributed by atoms with van der Waals surface area (Å²) >= 11 is 1.56. The molecule has 0 amide bonds. The molecule has 1 aliphatic heterocycles. The Bertz CT molecular complexity index is 1050. The van der Waals surface area contributed by atoms with Gasteiger partial charge in [0.15, 0.2) is 5.76 Å². The highest BCUT2D eigenvalue weighted by molar-refractivity contribution is 7.16. The van der Waals surface area contributed by atoms with Gasteiger partial charge in [-0.05, 0) is 26.3 Å². The van der Waals surface area contributed by atoms with Gasteiger partial charge < -0.3 is 4.42 Å². The van der Waals surface area contributed by atoms with Crippen LogP contribution in [0, 0.1) is 6.92 Å². The SMILES string of the molecule is Cc1c(-c2nnc3sc(C4CC(C)NN4)nn23)oc2ccccc12. The molecule has 8 heteroatoms. The first kappa shape index (κ1) is 14.1. The lowest BCUT2D eigenvalue weighted by Crippen LogP contribution is -2.28. The molecule has 0 spiro atoms. The number of nitrogens with zero attached hydrogens (tertiary/aromatic N) is 4. The lowest BCUT2D eigenvalue weighted by atomic mass is 10.1. The fourth-order valence-electron chi connectivity index (χ4n) is 3.18. The van der Waals surface area contributed by atoms with Crippen molar-refractivity contribution in [3.05, 3.63) is 34.8 Å². The van der Waals surface area contributed by atoms with Gasteiger partial charge in [-0.15, -0.1) is 10.2 Å². The highest BCUT2D eigenvalue weighted by Crippen LogP contribution is 2.33. The van der Waals surface area contributed by atoms with E-state index < -0.39 is 0 Å². The Morgan fingerprint density at radius 2 is 2.12 bits per heavy atom. The first-order valence-corrected chi connectivity index (χ1v) is 8.74. The van der Waals surface area contributed by atoms with E-state index >= 15 is 0 Å². The molecule has 3 aromatic heterocycles. The largest absolute Gasteiger partial charge is 0.452 e. The van der Waals surface area contributed by atoms with Crippen molar-refractivity contribution in [2.45, 2.75) is 32.4 Å². The molecular weight excluding hydrogens is 324 g/mol. The predicted octanol–water partition coefficient (Wildman–Crippen LogP) is 2.83. The molecule has 5 rings (SSSR count). The summed E-state index contributed by atoms with van der Waals surface area (Å²) in [6, 6.07) is 8.63. The topological polar surface area (TPSA) is 80.3 Å². The first-order valence-electron chi connectivity index (χ1n) is 7.92. The summed E-state index contributed by atoms with van der Waals surface area (Å²) in [4.78, 5) is 0.779. The Hall–Kier alpha value is -2.29. The number of aromatic nitrogens is 4. The number of benzene rings is 1. The number of para-hydroxylation sites is 1. The van der Waals surface area contributed by atoms with Crippen LogP contribution in [0.4, 0.5) is 0 Å². The molecule has 0 aliphatic carbocycles. The van der Waals surface area contributed by atoms with E-state index in [0.717, 1.165) is 38.7 Å². The Labute approximate surface area is 141 Å². The molecule has 2 N–H and O–H groups in total. The molecule has 1 saturated heterocycles. The average molecular weight is 340 g/mol. The number of aryl methyl sites for hydroxylation is 1. The van der Waals surface area contributed by atoms with E-state index in [9.17, 15) is 0 Å². The summed E-state index contributed by atoms with van der Waals surface area (Å²) in [6.45, 7) is 4.19. The molecule has 0 saturated carbocycles. The van der Waals surface area contributed by atoms with Crippen LogP contribution in [0.3, 0.4) is 0 Å². The molecule has 24 heavy (non-hydrogen) atoms. The maximum Gasteiger partial charge on any atom is 0.235 e. The van der Waals surface area contributed by atoms with E-state index in [1.807, 2.05) is 25.1 Å². The number of hydrazine groups is 1. The third kappa shape index (κ3) is 2.00. The van der Waals surface area contributed by atoms with Crippen LogP contribution in [0.15, 0.2) is 28.7 Å². The number of furan rings is 1. The summed E-state index contributed by atoms with van der Waals surface area (Å²) in [5, 5.41) is 15.4. The van der Waals surface area contributed by atoms with E-state index in [1.165, 1.54) is 0 Å². The first-order chi connectivity index (χ1) is 11.7. The third-order valence-electron chi connectivity index (χ3n) is 4.44. The third-order valence-corrected chi connectivity index (χ3v) is 5.46. The van der Waals surface area contributed by atoms with Gasteiger partial charge in [0.1, 0.15) is 10.6 Å². The normalized spacial score (nSPS) is 21.2. The van der Waals surface area contributed by atoms with Gasteiger partial charge in [-0.2, -0.15) is 9.61 Å². The Balaban J connectivity index is 1.64. The maximum absolute atomic E-state index is 6.02. The van der Waals surface area contributed by atoms with Gasteiger partial charge in [0, 0.05) is 17.0 Å². The Kier molecular flexibility index (Phi) is 2.99. The number of hydrogen-bond acceptors (Lipinski definition) is 7. The van der Waals surface area contributed by atoms with Gasteiger partial charge in [-0.25, -0.2) is 5.43 Å². The molecule has 4 heterocycles. The van der Waals surface area contributed by atoms with Gasteiger partial charge in [-0.3, -0.25) is 5.43 Å². The van der Waals surface area contributed by atoms with Gasteiger partial charge in [0.2, 0.25) is 10.8 Å². The smallest absolute Gasteiger partial charge is 0.235 e. The zero-order valence-electron chi connectivity index (χ0n) is 13.3. The second-order valence-electron chi connectivity index (χ2n) is 6.19. The molecule has 2 atom stereocenters. The maximum atomic E-state index is 6.02. The van der Waals surface area contributed by atoms with E-state index in [4.69, 9.17) is 9.52 Å². The highest BCUT2D eigenvalue weighted by atomic mass is 32.1. The summed E-state index contributed by atoms with van der Waals surface area (Å²) in [6.07, 6.45) is 1.00. The number of hydrogen-bond donors (Lipinski definition) is 2. The van der Waals surface area contributed by atoms with Crippen LogP contribution in [0.1, 0.15) is 30.0 Å². The monoisotopic (exact) mass is 340 g/mol. The molecule has 4 aromatic rings. The van der Waals surface area contributed by atoms with Crippen LogP contribution in [0.2, 0.25) is 0 Å². The van der Waals surface area contributed by atoms with Crippen molar-refractivity contribution in [1.82, 2.24) is 30.7 Å². The van der Waals surface area contributed by atoms with Crippen LogP contribution >= 0.6 is 11.3 Å². The quantitative estimate of drug-likeness (QED) is 0.584. The van der Waals surface area contributed by atoms with Crippen LogP contribution in [-0.4, -0.2) is 25.9 Å². The van der Waals surface area contributed by atoms with Crippen LogP contribution < -0.4 is 10.9 Å². The van der Waals surface area contributed by atoms with Crippen LogP contribution in [0.25, 0.3) is 27.5 Å². The molecule has 1 aromatic carbocycles.